The van der Waals surface area contributed by atoms with Gasteiger partial charge in [0.15, 0.2) is 0 Å². The molecule has 1 saturated heterocycles. The largest absolute Gasteiger partial charge is 0.450 e. The van der Waals surface area contributed by atoms with Gasteiger partial charge in [0.05, 0.1) is 17.9 Å². The van der Waals surface area contributed by atoms with E-state index >= 15 is 0 Å². The highest BCUT2D eigenvalue weighted by Gasteiger charge is 2.62. The Morgan fingerprint density at radius 3 is 2.40 bits per heavy atom. The smallest absolute Gasteiger partial charge is 0.407 e. The van der Waals surface area contributed by atoms with Crippen molar-refractivity contribution in [2.45, 2.75) is 101 Å². The van der Waals surface area contributed by atoms with Gasteiger partial charge in [-0.1, -0.05) is 87.5 Å². The van der Waals surface area contributed by atoms with Gasteiger partial charge < -0.3 is 20.3 Å². The summed E-state index contributed by atoms with van der Waals surface area (Å²) in [7, 11) is -3.91. The first-order chi connectivity index (χ1) is 27.2. The quantitative estimate of drug-likeness (QED) is 0.273. The topological polar surface area (TPSA) is 182 Å². The molecule has 6 bridgehead atoms. The lowest BCUT2D eigenvalue weighted by atomic mass is 9.85. The second-order valence-corrected chi connectivity index (χ2v) is 18.6. The molecule has 0 radical (unpaired) electrons. The van der Waals surface area contributed by atoms with E-state index < -0.39 is 74.1 Å². The first-order valence-electron chi connectivity index (χ1n) is 19.7. The van der Waals surface area contributed by atoms with Gasteiger partial charge in [-0.05, 0) is 62.0 Å². The summed E-state index contributed by atoms with van der Waals surface area (Å²) in [5, 5.41) is 15.0. The molecular formula is C42H51N7O7S. The summed E-state index contributed by atoms with van der Waals surface area (Å²) in [6.45, 7) is 9.43. The van der Waals surface area contributed by atoms with E-state index in [0.29, 0.717) is 30.7 Å². The zero-order chi connectivity index (χ0) is 40.5. The van der Waals surface area contributed by atoms with Crippen molar-refractivity contribution in [2.75, 3.05) is 13.2 Å². The van der Waals surface area contributed by atoms with E-state index in [4.69, 9.17) is 14.9 Å². The highest BCUT2D eigenvalue weighted by molar-refractivity contribution is 7.91. The average Bonchev–Trinajstić information content (AvgIpc) is 4.07. The molecule has 302 valence electrons. The Balaban J connectivity index is 1.27. The van der Waals surface area contributed by atoms with Crippen LogP contribution in [0.5, 0.6) is 0 Å². The van der Waals surface area contributed by atoms with Crippen molar-refractivity contribution in [1.82, 2.24) is 35.2 Å². The molecule has 5 atom stereocenters. The molecule has 0 unspecified atom stereocenters. The maximum absolute atomic E-state index is 14.7. The van der Waals surface area contributed by atoms with Gasteiger partial charge in [0, 0.05) is 30.0 Å². The number of sulfonamides is 1. The number of allylic oxidation sites excluding steroid dienone is 1. The molecular weight excluding hydrogens is 747 g/mol. The van der Waals surface area contributed by atoms with Crippen molar-refractivity contribution in [3.8, 4) is 22.5 Å². The Morgan fingerprint density at radius 1 is 1.00 bits per heavy atom. The molecule has 14 nitrogen and oxygen atoms in total. The summed E-state index contributed by atoms with van der Waals surface area (Å²) in [6, 6.07) is 14.9. The van der Waals surface area contributed by atoms with Crippen LogP contribution in [0, 0.1) is 11.3 Å². The Hall–Kier alpha value is -5.31. The number of benzene rings is 2. The van der Waals surface area contributed by atoms with Crippen molar-refractivity contribution in [3.05, 3.63) is 78.9 Å². The maximum atomic E-state index is 14.7. The number of cyclic esters (lactones) is 1. The molecule has 2 aliphatic carbocycles. The van der Waals surface area contributed by atoms with E-state index in [1.165, 1.54) is 11.0 Å². The molecule has 2 aliphatic heterocycles. The Bertz CT molecular complexity index is 2180. The molecule has 1 aromatic heterocycles. The van der Waals surface area contributed by atoms with Crippen LogP contribution in [0.1, 0.15) is 83.7 Å². The summed E-state index contributed by atoms with van der Waals surface area (Å²) < 4.78 is 33.3. The van der Waals surface area contributed by atoms with Gasteiger partial charge in [0.2, 0.25) is 21.8 Å². The normalized spacial score (nSPS) is 26.3. The minimum atomic E-state index is -3.91. The zero-order valence-corrected chi connectivity index (χ0v) is 33.5. The second kappa shape index (κ2) is 15.9. The van der Waals surface area contributed by atoms with Gasteiger partial charge >= 0.3 is 6.09 Å². The van der Waals surface area contributed by atoms with Crippen molar-refractivity contribution in [3.63, 3.8) is 0 Å². The molecule has 2 saturated carbocycles. The first kappa shape index (κ1) is 39.9. The highest BCUT2D eigenvalue weighted by atomic mass is 32.2. The van der Waals surface area contributed by atoms with E-state index in [1.54, 1.807) is 4.80 Å². The van der Waals surface area contributed by atoms with E-state index in [1.807, 2.05) is 69.3 Å². The van der Waals surface area contributed by atoms with Crippen LogP contribution in [0.15, 0.2) is 73.3 Å². The van der Waals surface area contributed by atoms with Gasteiger partial charge in [-0.2, -0.15) is 15.0 Å². The molecule has 0 spiro atoms. The average molecular weight is 798 g/mol. The molecule has 7 rings (SSSR count). The monoisotopic (exact) mass is 797 g/mol. The maximum Gasteiger partial charge on any atom is 0.407 e. The zero-order valence-electron chi connectivity index (χ0n) is 32.6. The Kier molecular flexibility index (Phi) is 11.1. The van der Waals surface area contributed by atoms with Gasteiger partial charge in [0.25, 0.3) is 5.91 Å². The number of fused-ring (bicyclic) bond motifs is 8. The fourth-order valence-electron chi connectivity index (χ4n) is 7.65. The summed E-state index contributed by atoms with van der Waals surface area (Å²) in [5.41, 5.74) is 1.57. The van der Waals surface area contributed by atoms with Crippen LogP contribution < -0.4 is 15.4 Å². The lowest BCUT2D eigenvalue weighted by Gasteiger charge is -2.35. The molecule has 3 aromatic rings. The predicted octanol–water partition coefficient (Wildman–Crippen LogP) is 5.15. The van der Waals surface area contributed by atoms with Crippen molar-refractivity contribution in [1.29, 1.82) is 0 Å². The van der Waals surface area contributed by atoms with Crippen molar-refractivity contribution < 1.29 is 32.3 Å². The number of ether oxygens (including phenoxy) is 1. The first-order valence-corrected chi connectivity index (χ1v) is 21.3. The van der Waals surface area contributed by atoms with Gasteiger partial charge in [-0.25, -0.2) is 13.2 Å². The lowest BCUT2D eigenvalue weighted by Crippen LogP contribution is -2.60. The van der Waals surface area contributed by atoms with Crippen LogP contribution in [0.3, 0.4) is 0 Å². The molecule has 3 heterocycles. The number of hydrogen-bond donors (Lipinski definition) is 3. The standard InChI is InChI=1S/C42H51N7O7S/c1-5-30-25-42(30,39(52)47-57(54,55)32-20-21-32)44-37(50)33-24-31-26-48(33)38(51)36(41(2,3)4)43-40(53)56-22-13-8-6-7-10-15-27-16-14-19-29(23-27)35-34(45-49(31)46-35)28-17-11-9-12-18-28/h5,9-12,14-19,23,30-33,36H,1,6-8,13,20-22,24-26H2,2-4H3,(H,43,53)(H,44,50)(H,47,52)/b15-10+/t30-,31-,33+,36-,42-/m1/s1. The van der Waals surface area contributed by atoms with Crippen LogP contribution in [0.25, 0.3) is 28.6 Å². The summed E-state index contributed by atoms with van der Waals surface area (Å²) in [4.78, 5) is 59.0. The number of rotatable bonds is 7. The summed E-state index contributed by atoms with van der Waals surface area (Å²) >= 11 is 0. The van der Waals surface area contributed by atoms with Crippen LogP contribution in [-0.4, -0.2) is 88.2 Å². The van der Waals surface area contributed by atoms with Gasteiger partial charge in [0.1, 0.15) is 29.0 Å². The van der Waals surface area contributed by atoms with Crippen LogP contribution in [0.4, 0.5) is 4.79 Å². The molecule has 15 heteroatoms. The number of nitrogens with one attached hydrogen (secondary N) is 3. The minimum absolute atomic E-state index is 0.00545. The molecule has 4 amide bonds. The van der Waals surface area contributed by atoms with E-state index in [2.05, 4.69) is 40.2 Å². The molecule has 57 heavy (non-hydrogen) atoms. The number of carbonyl (C=O) groups is 4. The number of alkyl carbamates (subject to hydrolysis) is 1. The summed E-state index contributed by atoms with van der Waals surface area (Å²) in [5.74, 6) is -2.52. The molecule has 2 aromatic carbocycles. The second-order valence-electron chi connectivity index (χ2n) is 16.6. The number of carbonyl (C=O) groups excluding carboxylic acids is 4. The lowest BCUT2D eigenvalue weighted by molar-refractivity contribution is -0.142. The van der Waals surface area contributed by atoms with Crippen molar-refractivity contribution >= 4 is 39.9 Å². The van der Waals surface area contributed by atoms with Crippen molar-refractivity contribution in [2.24, 2.45) is 11.3 Å². The van der Waals surface area contributed by atoms with E-state index in [-0.39, 0.29) is 26.0 Å². The molecule has 3 fully saturated rings. The van der Waals surface area contributed by atoms with Gasteiger partial charge in [-0.15, -0.1) is 6.58 Å². The third-order valence-electron chi connectivity index (χ3n) is 11.2. The minimum Gasteiger partial charge on any atom is -0.450 e. The predicted molar refractivity (Wildman–Crippen MR) is 215 cm³/mol. The van der Waals surface area contributed by atoms with E-state index in [0.717, 1.165) is 36.0 Å². The molecule has 4 aliphatic rings. The fourth-order valence-corrected chi connectivity index (χ4v) is 9.02. The number of nitrogens with zero attached hydrogens (tertiary/aromatic N) is 4. The van der Waals surface area contributed by atoms with Crippen LogP contribution in [-0.2, 0) is 29.1 Å². The number of aromatic nitrogens is 3. The van der Waals surface area contributed by atoms with Gasteiger partial charge in [-0.3, -0.25) is 19.1 Å². The van der Waals surface area contributed by atoms with Crippen LogP contribution >= 0.6 is 0 Å². The van der Waals surface area contributed by atoms with E-state index in [9.17, 15) is 27.6 Å². The third kappa shape index (κ3) is 8.68. The third-order valence-corrected chi connectivity index (χ3v) is 13.0. The number of amides is 4. The molecule has 3 N–H and O–H groups in total. The SMILES string of the molecule is C=C[C@@H]1C[C@]1(NC(=O)[C@@H]1C[C@@H]2CN1C(=O)[C@H](C(C)(C)C)NC(=O)OCCCCC/C=C/c1cccc(c1)-c1nn2nc1-c1ccccc1)C(=O)NS(=O)(=O)C1CC1. The summed E-state index contributed by atoms with van der Waals surface area (Å²) in [6.07, 6.45) is 9.37. The highest BCUT2D eigenvalue weighted by Crippen LogP contribution is 2.46. The Morgan fingerprint density at radius 2 is 1.72 bits per heavy atom. The number of hydrogen-bond acceptors (Lipinski definition) is 9. The Labute approximate surface area is 333 Å². The van der Waals surface area contributed by atoms with Crippen LogP contribution in [0.2, 0.25) is 0 Å². The fraction of sp³-hybridized carbons (Fsp3) is 0.476.